The van der Waals surface area contributed by atoms with Crippen LogP contribution in [-0.2, 0) is 11.8 Å². The lowest BCUT2D eigenvalue weighted by Gasteiger charge is -2.22. The third-order valence-electron chi connectivity index (χ3n) is 7.88. The van der Waals surface area contributed by atoms with Crippen molar-refractivity contribution < 1.29 is 13.6 Å². The molecule has 6 rings (SSSR count). The molecule has 14 heteroatoms. The van der Waals surface area contributed by atoms with Crippen molar-refractivity contribution in [1.29, 1.82) is 0 Å². The zero-order valence-corrected chi connectivity index (χ0v) is 25.1. The number of hydrogen-bond donors (Lipinski definition) is 1. The van der Waals surface area contributed by atoms with Crippen molar-refractivity contribution in [1.82, 2.24) is 34.3 Å². The van der Waals surface area contributed by atoms with E-state index in [2.05, 4.69) is 25.7 Å². The van der Waals surface area contributed by atoms with Crippen LogP contribution in [0.3, 0.4) is 0 Å². The molecule has 1 aromatic carbocycles. The number of hydrogen-bond acceptors (Lipinski definition) is 6. The van der Waals surface area contributed by atoms with E-state index in [0.29, 0.717) is 62.7 Å². The highest BCUT2D eigenvalue weighted by Crippen LogP contribution is 2.37. The maximum Gasteiger partial charge on any atom is 0.333 e. The van der Waals surface area contributed by atoms with Crippen LogP contribution in [0.25, 0.3) is 28.2 Å². The van der Waals surface area contributed by atoms with Gasteiger partial charge in [-0.1, -0.05) is 47.8 Å². The zero-order valence-electron chi connectivity index (χ0n) is 23.6. The number of pyridine rings is 2. The summed E-state index contributed by atoms with van der Waals surface area (Å²) in [6, 6.07) is 12.0. The summed E-state index contributed by atoms with van der Waals surface area (Å²) in [5.41, 5.74) is 3.23. The van der Waals surface area contributed by atoms with E-state index in [0.717, 1.165) is 0 Å². The highest BCUT2D eigenvalue weighted by Gasteiger charge is 2.27. The maximum atomic E-state index is 14.1. The lowest BCUT2D eigenvalue weighted by molar-refractivity contribution is -0.119. The van der Waals surface area contributed by atoms with Crippen molar-refractivity contribution in [2.45, 2.75) is 38.7 Å². The van der Waals surface area contributed by atoms with Gasteiger partial charge in [0.2, 0.25) is 5.91 Å². The zero-order chi connectivity index (χ0) is 31.1. The molecule has 1 aliphatic heterocycles. The molecular formula is C30H26Cl2F2N8O2. The Labute approximate surface area is 260 Å². The highest BCUT2D eigenvalue weighted by molar-refractivity contribution is 6.31. The van der Waals surface area contributed by atoms with E-state index >= 15 is 0 Å². The number of rotatable bonds is 4. The third kappa shape index (κ3) is 5.50. The van der Waals surface area contributed by atoms with Crippen molar-refractivity contribution in [3.8, 4) is 28.2 Å². The first-order valence-electron chi connectivity index (χ1n) is 13.8. The lowest BCUT2D eigenvalue weighted by Crippen LogP contribution is -2.26. The maximum absolute atomic E-state index is 14.1. The number of nitrogens with zero attached hydrogens (tertiary/aromatic N) is 7. The van der Waals surface area contributed by atoms with Crippen molar-refractivity contribution in [3.63, 3.8) is 0 Å². The molecule has 5 aromatic rings. The quantitative estimate of drug-likeness (QED) is 0.241. The molecule has 44 heavy (non-hydrogen) atoms. The molecule has 0 saturated heterocycles. The Bertz CT molecular complexity index is 1940. The minimum absolute atomic E-state index is 0.0634. The Balaban J connectivity index is 1.48. The fourth-order valence-electron chi connectivity index (χ4n) is 5.62. The number of benzene rings is 1. The van der Waals surface area contributed by atoms with Gasteiger partial charge in [0.05, 0.1) is 35.2 Å². The minimum atomic E-state index is -2.93. The van der Waals surface area contributed by atoms with E-state index in [1.54, 1.807) is 56.6 Å². The number of halogens is 4. The summed E-state index contributed by atoms with van der Waals surface area (Å²) >= 11 is 12.4. The first kappa shape index (κ1) is 29.6. The molecule has 2 bridgehead atoms. The first-order chi connectivity index (χ1) is 21.1. The van der Waals surface area contributed by atoms with Crippen LogP contribution >= 0.6 is 23.2 Å². The number of alkyl halides is 2. The van der Waals surface area contributed by atoms with Gasteiger partial charge in [0.1, 0.15) is 0 Å². The second kappa shape index (κ2) is 11.9. The van der Waals surface area contributed by atoms with Crippen LogP contribution in [-0.4, -0.2) is 40.2 Å². The first-order valence-corrected chi connectivity index (χ1v) is 14.6. The Hall–Kier alpha value is -4.42. The van der Waals surface area contributed by atoms with Crippen LogP contribution in [0.4, 0.5) is 14.5 Å². The normalized spacial score (nSPS) is 17.1. The van der Waals surface area contributed by atoms with Crippen LogP contribution in [0, 0.1) is 5.92 Å². The van der Waals surface area contributed by atoms with Crippen molar-refractivity contribution in [3.05, 3.63) is 92.8 Å². The Morgan fingerprint density at radius 1 is 1.07 bits per heavy atom. The summed E-state index contributed by atoms with van der Waals surface area (Å²) in [6.45, 7) is -1.15. The van der Waals surface area contributed by atoms with Gasteiger partial charge in [0, 0.05) is 52.5 Å². The van der Waals surface area contributed by atoms with Crippen molar-refractivity contribution in [2.24, 2.45) is 13.0 Å². The number of anilines is 1. The molecule has 226 valence electrons. The second-order valence-electron chi connectivity index (χ2n) is 10.7. The molecule has 0 fully saturated rings. The predicted molar refractivity (Wildman–Crippen MR) is 162 cm³/mol. The van der Waals surface area contributed by atoms with Crippen molar-refractivity contribution >= 4 is 34.8 Å². The number of nitrogens with one attached hydrogen (secondary N) is 1. The fraction of sp³-hybridized carbons (Fsp3) is 0.267. The number of carbonyl (C=O) groups excluding carboxylic acids is 1. The number of fused-ring (bicyclic) bond motifs is 4. The third-order valence-corrected chi connectivity index (χ3v) is 8.29. The molecule has 1 aliphatic rings. The van der Waals surface area contributed by atoms with E-state index in [-0.39, 0.29) is 28.0 Å². The summed E-state index contributed by atoms with van der Waals surface area (Å²) in [5.74, 6) is -1.17. The second-order valence-corrected chi connectivity index (χ2v) is 11.5. The monoisotopic (exact) mass is 638 g/mol. The summed E-state index contributed by atoms with van der Waals surface area (Å²) in [5, 5.41) is 15.2. The van der Waals surface area contributed by atoms with Gasteiger partial charge in [-0.3, -0.25) is 14.6 Å². The lowest BCUT2D eigenvalue weighted by atomic mass is 9.87. The average molecular weight is 639 g/mol. The smallest absolute Gasteiger partial charge is 0.323 e. The Morgan fingerprint density at radius 2 is 1.89 bits per heavy atom. The number of carbonyl (C=O) groups is 1. The van der Waals surface area contributed by atoms with Gasteiger partial charge < -0.3 is 9.88 Å². The molecule has 2 atom stereocenters. The van der Waals surface area contributed by atoms with E-state index in [4.69, 9.17) is 23.2 Å². The summed E-state index contributed by atoms with van der Waals surface area (Å²) in [6.07, 6.45) is 5.93. The van der Waals surface area contributed by atoms with Gasteiger partial charge in [-0.2, -0.15) is 13.9 Å². The number of aromatic nitrogens is 7. The molecule has 0 aliphatic carbocycles. The Morgan fingerprint density at radius 3 is 2.64 bits per heavy atom. The van der Waals surface area contributed by atoms with Gasteiger partial charge in [-0.25, -0.2) is 9.36 Å². The van der Waals surface area contributed by atoms with E-state index in [1.165, 1.54) is 21.6 Å². The van der Waals surface area contributed by atoms with Crippen LogP contribution in [0.2, 0.25) is 10.2 Å². The molecule has 10 nitrogen and oxygen atoms in total. The highest BCUT2D eigenvalue weighted by atomic mass is 35.5. The predicted octanol–water partition coefficient (Wildman–Crippen LogP) is 6.48. The molecule has 0 radical (unpaired) electrons. The van der Waals surface area contributed by atoms with Gasteiger partial charge in [-0.05, 0) is 49.2 Å². The summed E-state index contributed by atoms with van der Waals surface area (Å²) in [4.78, 5) is 31.6. The minimum Gasteiger partial charge on any atom is -0.323 e. The molecule has 0 saturated carbocycles. The van der Waals surface area contributed by atoms with Gasteiger partial charge in [0.15, 0.2) is 5.15 Å². The SMILES string of the molecule is CC1CCCC(c2ccc(-c3cc(Cl)ccc3-n3cc(Cl)nn3)n(C)c2=O)c2cc(ccn2)-c2c(cnn2C(F)F)NC1=O. The fourth-order valence-corrected chi connectivity index (χ4v) is 5.92. The molecule has 0 spiro atoms. The number of amides is 1. The van der Waals surface area contributed by atoms with E-state index < -0.39 is 18.4 Å². The van der Waals surface area contributed by atoms with Gasteiger partial charge in [0.25, 0.3) is 5.56 Å². The summed E-state index contributed by atoms with van der Waals surface area (Å²) < 4.78 is 31.5. The Kier molecular flexibility index (Phi) is 8.04. The van der Waals surface area contributed by atoms with Crippen LogP contribution in [0.5, 0.6) is 0 Å². The van der Waals surface area contributed by atoms with Crippen LogP contribution in [0.1, 0.15) is 49.9 Å². The molecule has 4 aromatic heterocycles. The van der Waals surface area contributed by atoms with Gasteiger partial charge >= 0.3 is 6.55 Å². The van der Waals surface area contributed by atoms with Crippen LogP contribution in [0.15, 0.2) is 65.8 Å². The van der Waals surface area contributed by atoms with Gasteiger partial charge in [-0.15, -0.1) is 5.10 Å². The molecule has 1 amide bonds. The summed E-state index contributed by atoms with van der Waals surface area (Å²) in [7, 11) is 1.67. The van der Waals surface area contributed by atoms with E-state index in [1.807, 2.05) is 6.07 Å². The van der Waals surface area contributed by atoms with E-state index in [9.17, 15) is 18.4 Å². The molecule has 2 unspecified atom stereocenters. The molecule has 5 heterocycles. The largest absolute Gasteiger partial charge is 0.333 e. The average Bonchev–Trinajstić information content (AvgIpc) is 3.63. The van der Waals surface area contributed by atoms with Crippen molar-refractivity contribution in [2.75, 3.05) is 5.32 Å². The molecular weight excluding hydrogens is 613 g/mol. The van der Waals surface area contributed by atoms with Crippen LogP contribution < -0.4 is 10.9 Å². The standard InChI is InChI=1S/C30H26Cl2F2N8O2/c1-16-4-3-5-19(22-12-17(10-11-35-22)27-23(37-28(16)43)14-36-42(27)30(33)34)20-7-9-24(40(2)29(20)44)21-13-18(31)6-8-25(21)41-15-26(32)38-39-41/h6-16,19,30H,3-5H2,1-2H3,(H,37,43). The molecule has 1 N–H and O–H groups in total. The topological polar surface area (TPSA) is 113 Å².